The van der Waals surface area contributed by atoms with E-state index in [0.717, 1.165) is 17.7 Å². The van der Waals surface area contributed by atoms with Gasteiger partial charge in [-0.1, -0.05) is 35.9 Å². The minimum absolute atomic E-state index is 0.122. The van der Waals surface area contributed by atoms with Crippen LogP contribution in [0, 0.1) is 0 Å². The first-order valence-corrected chi connectivity index (χ1v) is 7.73. The predicted octanol–water partition coefficient (Wildman–Crippen LogP) is 3.50. The molecule has 0 bridgehead atoms. The summed E-state index contributed by atoms with van der Waals surface area (Å²) in [4.78, 5) is 12.0. The first kappa shape index (κ1) is 15.3. The maximum Gasteiger partial charge on any atom is 0.251 e. The summed E-state index contributed by atoms with van der Waals surface area (Å²) in [6.07, 6.45) is 4.51. The normalized spacial score (nSPS) is 10.5. The van der Waals surface area contributed by atoms with Gasteiger partial charge in [-0.15, -0.1) is 0 Å². The fourth-order valence-electron chi connectivity index (χ4n) is 2.26. The third kappa shape index (κ3) is 3.99. The molecule has 1 N–H and O–H groups in total. The predicted molar refractivity (Wildman–Crippen MR) is 91.1 cm³/mol. The van der Waals surface area contributed by atoms with E-state index in [4.69, 9.17) is 11.6 Å². The molecule has 3 aromatic rings. The fourth-order valence-corrected chi connectivity index (χ4v) is 2.45. The van der Waals surface area contributed by atoms with Crippen molar-refractivity contribution in [3.8, 4) is 5.69 Å². The lowest BCUT2D eigenvalue weighted by molar-refractivity contribution is 0.0954. The van der Waals surface area contributed by atoms with Gasteiger partial charge in [-0.25, -0.2) is 4.68 Å². The lowest BCUT2D eigenvalue weighted by Crippen LogP contribution is -2.25. The lowest BCUT2D eigenvalue weighted by Gasteiger charge is -2.04. The van der Waals surface area contributed by atoms with Gasteiger partial charge in [0.15, 0.2) is 0 Å². The maximum atomic E-state index is 12.0. The third-order valence-corrected chi connectivity index (χ3v) is 3.68. The number of halogens is 1. The number of carbonyl (C=O) groups is 1. The second kappa shape index (κ2) is 7.11. The highest BCUT2D eigenvalue weighted by atomic mass is 35.5. The van der Waals surface area contributed by atoms with E-state index < -0.39 is 0 Å². The number of rotatable bonds is 5. The Balaban J connectivity index is 1.55. The number of nitrogens with zero attached hydrogens (tertiary/aromatic N) is 2. The van der Waals surface area contributed by atoms with Crippen molar-refractivity contribution in [2.24, 2.45) is 0 Å². The highest BCUT2D eigenvalue weighted by molar-refractivity contribution is 6.30. The van der Waals surface area contributed by atoms with Crippen molar-refractivity contribution >= 4 is 17.5 Å². The molecular formula is C18H16ClN3O. The molecule has 4 nitrogen and oxygen atoms in total. The minimum Gasteiger partial charge on any atom is -0.352 e. The monoisotopic (exact) mass is 325 g/mol. The molecule has 1 aromatic heterocycles. The number of para-hydroxylation sites is 1. The van der Waals surface area contributed by atoms with E-state index in [2.05, 4.69) is 10.4 Å². The fraction of sp³-hybridized carbons (Fsp3) is 0.111. The first-order valence-electron chi connectivity index (χ1n) is 7.35. The number of benzene rings is 2. The second-order valence-electron chi connectivity index (χ2n) is 5.14. The number of hydrogen-bond donors (Lipinski definition) is 1. The Kier molecular flexibility index (Phi) is 4.74. The van der Waals surface area contributed by atoms with Crippen molar-refractivity contribution in [2.75, 3.05) is 6.54 Å². The zero-order valence-electron chi connectivity index (χ0n) is 12.4. The van der Waals surface area contributed by atoms with Crippen molar-refractivity contribution in [2.45, 2.75) is 6.42 Å². The van der Waals surface area contributed by atoms with Gasteiger partial charge in [0.05, 0.1) is 11.9 Å². The summed E-state index contributed by atoms with van der Waals surface area (Å²) in [5.74, 6) is -0.122. The molecular weight excluding hydrogens is 310 g/mol. The molecule has 0 radical (unpaired) electrons. The van der Waals surface area contributed by atoms with Gasteiger partial charge in [0.25, 0.3) is 5.91 Å². The molecule has 116 valence electrons. The number of carbonyl (C=O) groups excluding carboxylic acids is 1. The molecule has 5 heteroatoms. The standard InChI is InChI=1S/C18H16ClN3O/c19-16-6-4-5-15(11-16)18(23)20-10-9-14-12-21-22(13-14)17-7-2-1-3-8-17/h1-8,11-13H,9-10H2,(H,20,23). The summed E-state index contributed by atoms with van der Waals surface area (Å²) >= 11 is 5.89. The average Bonchev–Trinajstić information content (AvgIpc) is 3.04. The topological polar surface area (TPSA) is 46.9 Å². The molecule has 0 aliphatic rings. The Hall–Kier alpha value is -2.59. The number of nitrogens with one attached hydrogen (secondary N) is 1. The van der Waals surface area contributed by atoms with Crippen LogP contribution in [0.5, 0.6) is 0 Å². The number of amides is 1. The van der Waals surface area contributed by atoms with E-state index >= 15 is 0 Å². The quantitative estimate of drug-likeness (QED) is 0.780. The minimum atomic E-state index is -0.122. The van der Waals surface area contributed by atoms with Crippen molar-refractivity contribution in [1.82, 2.24) is 15.1 Å². The molecule has 1 heterocycles. The van der Waals surface area contributed by atoms with E-state index in [1.54, 1.807) is 24.3 Å². The molecule has 0 fully saturated rings. The largest absolute Gasteiger partial charge is 0.352 e. The molecule has 23 heavy (non-hydrogen) atoms. The molecule has 0 atom stereocenters. The van der Waals surface area contributed by atoms with E-state index in [1.807, 2.05) is 47.4 Å². The van der Waals surface area contributed by atoms with E-state index in [9.17, 15) is 4.79 Å². The summed E-state index contributed by atoms with van der Waals surface area (Å²) < 4.78 is 1.83. The van der Waals surface area contributed by atoms with Crippen molar-refractivity contribution in [1.29, 1.82) is 0 Å². The van der Waals surface area contributed by atoms with Crippen molar-refractivity contribution < 1.29 is 4.79 Å². The molecule has 0 unspecified atom stereocenters. The first-order chi connectivity index (χ1) is 11.2. The second-order valence-corrected chi connectivity index (χ2v) is 5.58. The Morgan fingerprint density at radius 2 is 1.96 bits per heavy atom. The molecule has 1 amide bonds. The van der Waals surface area contributed by atoms with Gasteiger partial charge in [0, 0.05) is 23.3 Å². The maximum absolute atomic E-state index is 12.0. The molecule has 0 spiro atoms. The van der Waals surface area contributed by atoms with E-state index in [-0.39, 0.29) is 5.91 Å². The SMILES string of the molecule is O=C(NCCc1cnn(-c2ccccc2)c1)c1cccc(Cl)c1. The van der Waals surface area contributed by atoms with Gasteiger partial charge < -0.3 is 5.32 Å². The van der Waals surface area contributed by atoms with Crippen molar-refractivity contribution in [3.63, 3.8) is 0 Å². The molecule has 3 rings (SSSR count). The molecule has 2 aromatic carbocycles. The average molecular weight is 326 g/mol. The Bertz CT molecular complexity index is 799. The summed E-state index contributed by atoms with van der Waals surface area (Å²) in [7, 11) is 0. The Morgan fingerprint density at radius 3 is 2.74 bits per heavy atom. The van der Waals surface area contributed by atoms with Gasteiger partial charge >= 0.3 is 0 Å². The zero-order valence-corrected chi connectivity index (χ0v) is 13.2. The Labute approximate surface area is 139 Å². The van der Waals surface area contributed by atoms with Gasteiger partial charge in [0.2, 0.25) is 0 Å². The van der Waals surface area contributed by atoms with Crippen LogP contribution < -0.4 is 5.32 Å². The number of hydrogen-bond acceptors (Lipinski definition) is 2. The molecule has 0 saturated carbocycles. The van der Waals surface area contributed by atoms with Crippen LogP contribution in [0.15, 0.2) is 67.0 Å². The summed E-state index contributed by atoms with van der Waals surface area (Å²) in [5.41, 5.74) is 2.65. The highest BCUT2D eigenvalue weighted by Crippen LogP contribution is 2.11. The molecule has 0 aliphatic carbocycles. The van der Waals surface area contributed by atoms with Crippen LogP contribution in [0.4, 0.5) is 0 Å². The van der Waals surface area contributed by atoms with Crippen LogP contribution in [0.3, 0.4) is 0 Å². The van der Waals surface area contributed by atoms with Crippen LogP contribution >= 0.6 is 11.6 Å². The van der Waals surface area contributed by atoms with E-state index in [0.29, 0.717) is 17.1 Å². The summed E-state index contributed by atoms with van der Waals surface area (Å²) in [6, 6.07) is 16.8. The van der Waals surface area contributed by atoms with Crippen LogP contribution in [0.25, 0.3) is 5.69 Å². The Morgan fingerprint density at radius 1 is 1.13 bits per heavy atom. The summed E-state index contributed by atoms with van der Waals surface area (Å²) in [5, 5.41) is 7.79. The van der Waals surface area contributed by atoms with E-state index in [1.165, 1.54) is 0 Å². The van der Waals surface area contributed by atoms with Crippen LogP contribution in [-0.2, 0) is 6.42 Å². The van der Waals surface area contributed by atoms with Crippen LogP contribution in [0.2, 0.25) is 5.02 Å². The van der Waals surface area contributed by atoms with Gasteiger partial charge in [-0.2, -0.15) is 5.10 Å². The molecule has 0 aliphatic heterocycles. The van der Waals surface area contributed by atoms with Crippen LogP contribution in [-0.4, -0.2) is 22.2 Å². The van der Waals surface area contributed by atoms with Crippen LogP contribution in [0.1, 0.15) is 15.9 Å². The van der Waals surface area contributed by atoms with Crippen molar-refractivity contribution in [3.05, 3.63) is 83.1 Å². The smallest absolute Gasteiger partial charge is 0.251 e. The molecule has 0 saturated heterocycles. The lowest BCUT2D eigenvalue weighted by atomic mass is 10.2. The van der Waals surface area contributed by atoms with Gasteiger partial charge in [0.1, 0.15) is 0 Å². The van der Waals surface area contributed by atoms with Gasteiger partial charge in [-0.3, -0.25) is 4.79 Å². The number of aromatic nitrogens is 2. The zero-order chi connectivity index (χ0) is 16.1. The third-order valence-electron chi connectivity index (χ3n) is 3.44. The highest BCUT2D eigenvalue weighted by Gasteiger charge is 2.06. The summed E-state index contributed by atoms with van der Waals surface area (Å²) in [6.45, 7) is 0.547. The van der Waals surface area contributed by atoms with Gasteiger partial charge in [-0.05, 0) is 42.3 Å².